The molecule has 1 aliphatic carbocycles. The van der Waals surface area contributed by atoms with Crippen molar-refractivity contribution in [2.75, 3.05) is 0 Å². The van der Waals surface area contributed by atoms with Crippen LogP contribution in [0.15, 0.2) is 28.9 Å². The second kappa shape index (κ2) is 8.53. The van der Waals surface area contributed by atoms with Crippen LogP contribution in [0.1, 0.15) is 68.5 Å². The number of nitrogens with zero attached hydrogens (tertiary/aromatic N) is 5. The van der Waals surface area contributed by atoms with Crippen LogP contribution in [0, 0.1) is 19.8 Å². The van der Waals surface area contributed by atoms with Crippen LogP contribution in [0.5, 0.6) is 0 Å². The molecule has 0 radical (unpaired) electrons. The molecular formula is C22H29N5O3S. The standard InChI is InChI=1S/C22H29N5O3S/c1-14(2)20(31(28,29)18-8-6-5-7-9-18)22-24-21(26-30-22)17-10-11-19(23-13-17)27-16(4)12-15(3)25-27/h10-14,18,20H,5-9H2,1-4H3/t20-/m0/s1. The Bertz CT molecular complexity index is 1140. The average molecular weight is 444 g/mol. The first kappa shape index (κ1) is 21.7. The van der Waals surface area contributed by atoms with Crippen LogP contribution >= 0.6 is 0 Å². The van der Waals surface area contributed by atoms with Crippen LogP contribution in [0.4, 0.5) is 0 Å². The first-order chi connectivity index (χ1) is 14.8. The van der Waals surface area contributed by atoms with Crippen molar-refractivity contribution in [3.63, 3.8) is 0 Å². The molecule has 9 heteroatoms. The molecule has 31 heavy (non-hydrogen) atoms. The maximum Gasteiger partial charge on any atom is 0.245 e. The van der Waals surface area contributed by atoms with Crippen molar-refractivity contribution < 1.29 is 12.9 Å². The van der Waals surface area contributed by atoms with Gasteiger partial charge in [0, 0.05) is 17.5 Å². The fourth-order valence-electron chi connectivity index (χ4n) is 4.38. The Labute approximate surface area is 183 Å². The summed E-state index contributed by atoms with van der Waals surface area (Å²) in [7, 11) is -3.41. The molecule has 0 unspecified atom stereocenters. The Hall–Kier alpha value is -2.55. The van der Waals surface area contributed by atoms with E-state index in [1.165, 1.54) is 0 Å². The Morgan fingerprint density at radius 1 is 1.13 bits per heavy atom. The molecule has 8 nitrogen and oxygen atoms in total. The number of aryl methyl sites for hydroxylation is 2. The Balaban J connectivity index is 1.61. The molecule has 3 aromatic rings. The highest BCUT2D eigenvalue weighted by atomic mass is 32.2. The van der Waals surface area contributed by atoms with Gasteiger partial charge in [-0.1, -0.05) is 38.3 Å². The fourth-order valence-corrected chi connectivity index (χ4v) is 6.92. The zero-order chi connectivity index (χ0) is 22.2. The Morgan fingerprint density at radius 3 is 2.45 bits per heavy atom. The fraction of sp³-hybridized carbons (Fsp3) is 0.545. The predicted octanol–water partition coefficient (Wildman–Crippen LogP) is 4.38. The van der Waals surface area contributed by atoms with Gasteiger partial charge in [0.1, 0.15) is 5.25 Å². The molecule has 4 rings (SSSR count). The van der Waals surface area contributed by atoms with E-state index < -0.39 is 15.1 Å². The summed E-state index contributed by atoms with van der Waals surface area (Å²) in [4.78, 5) is 8.94. The van der Waals surface area contributed by atoms with Crippen molar-refractivity contribution in [3.05, 3.63) is 41.7 Å². The molecule has 166 valence electrons. The highest BCUT2D eigenvalue weighted by molar-refractivity contribution is 7.92. The molecule has 1 aliphatic rings. The number of pyridine rings is 1. The van der Waals surface area contributed by atoms with Gasteiger partial charge in [0.15, 0.2) is 15.7 Å². The van der Waals surface area contributed by atoms with Crippen molar-refractivity contribution in [3.8, 4) is 17.2 Å². The zero-order valence-corrected chi connectivity index (χ0v) is 19.3. The molecule has 0 saturated heterocycles. The van der Waals surface area contributed by atoms with Gasteiger partial charge in [-0.15, -0.1) is 0 Å². The van der Waals surface area contributed by atoms with Gasteiger partial charge in [0.05, 0.1) is 10.9 Å². The van der Waals surface area contributed by atoms with Crippen molar-refractivity contribution in [1.29, 1.82) is 0 Å². The lowest BCUT2D eigenvalue weighted by Crippen LogP contribution is -2.31. The minimum Gasteiger partial charge on any atom is -0.338 e. The Kier molecular flexibility index (Phi) is 5.96. The van der Waals surface area contributed by atoms with Gasteiger partial charge in [-0.05, 0) is 50.8 Å². The first-order valence-electron chi connectivity index (χ1n) is 10.8. The van der Waals surface area contributed by atoms with Gasteiger partial charge in [-0.3, -0.25) is 0 Å². The number of sulfone groups is 1. The first-order valence-corrected chi connectivity index (χ1v) is 12.4. The topological polar surface area (TPSA) is 104 Å². The van der Waals surface area contributed by atoms with E-state index in [4.69, 9.17) is 4.52 Å². The van der Waals surface area contributed by atoms with Crippen molar-refractivity contribution in [1.82, 2.24) is 24.9 Å². The van der Waals surface area contributed by atoms with Gasteiger partial charge in [0.2, 0.25) is 11.7 Å². The molecule has 0 spiro atoms. The second-order valence-electron chi connectivity index (χ2n) is 8.71. The molecule has 1 atom stereocenters. The van der Waals surface area contributed by atoms with E-state index in [1.54, 1.807) is 10.9 Å². The highest BCUT2D eigenvalue weighted by Gasteiger charge is 2.41. The van der Waals surface area contributed by atoms with Crippen molar-refractivity contribution >= 4 is 9.84 Å². The lowest BCUT2D eigenvalue weighted by atomic mass is 10.0. The summed E-state index contributed by atoms with van der Waals surface area (Å²) in [6, 6.07) is 5.66. The molecule has 0 amide bonds. The van der Waals surface area contributed by atoms with Crippen LogP contribution in [-0.4, -0.2) is 38.6 Å². The molecule has 1 fully saturated rings. The van der Waals surface area contributed by atoms with Gasteiger partial charge >= 0.3 is 0 Å². The van der Waals surface area contributed by atoms with Crippen molar-refractivity contribution in [2.24, 2.45) is 5.92 Å². The summed E-state index contributed by atoms with van der Waals surface area (Å²) in [5, 5.41) is 7.38. The molecular weight excluding hydrogens is 414 g/mol. The number of rotatable bonds is 6. The van der Waals surface area contributed by atoms with Crippen LogP contribution in [0.25, 0.3) is 17.2 Å². The molecule has 1 saturated carbocycles. The lowest BCUT2D eigenvalue weighted by Gasteiger charge is -2.27. The molecule has 3 aromatic heterocycles. The van der Waals surface area contributed by atoms with Gasteiger partial charge in [-0.2, -0.15) is 10.1 Å². The maximum absolute atomic E-state index is 13.4. The number of aromatic nitrogens is 5. The average Bonchev–Trinajstić information content (AvgIpc) is 3.34. The normalized spacial score (nSPS) is 16.7. The molecule has 3 heterocycles. The third-order valence-corrected chi connectivity index (χ3v) is 8.75. The minimum absolute atomic E-state index is 0.160. The van der Waals surface area contributed by atoms with E-state index >= 15 is 0 Å². The van der Waals surface area contributed by atoms with Crippen LogP contribution in [0.3, 0.4) is 0 Å². The molecule has 0 aliphatic heterocycles. The quantitative estimate of drug-likeness (QED) is 0.557. The molecule has 0 N–H and O–H groups in total. The van der Waals surface area contributed by atoms with Gasteiger partial charge < -0.3 is 4.52 Å². The SMILES string of the molecule is Cc1cc(C)n(-c2ccc(-c3noc([C@H](C(C)C)S(=O)(=O)C4CCCCC4)n3)cn2)n1. The summed E-state index contributed by atoms with van der Waals surface area (Å²) in [5.74, 6) is 1.04. The van der Waals surface area contributed by atoms with E-state index in [1.807, 2.05) is 45.9 Å². The predicted molar refractivity (Wildman–Crippen MR) is 117 cm³/mol. The minimum atomic E-state index is -3.41. The van der Waals surface area contributed by atoms with Gasteiger partial charge in [-0.25, -0.2) is 18.1 Å². The molecule has 0 bridgehead atoms. The number of hydrogen-bond acceptors (Lipinski definition) is 7. The number of hydrogen-bond donors (Lipinski definition) is 0. The van der Waals surface area contributed by atoms with Crippen LogP contribution in [0.2, 0.25) is 0 Å². The largest absolute Gasteiger partial charge is 0.338 e. The van der Waals surface area contributed by atoms with E-state index in [0.29, 0.717) is 30.0 Å². The zero-order valence-electron chi connectivity index (χ0n) is 18.4. The van der Waals surface area contributed by atoms with E-state index in [9.17, 15) is 8.42 Å². The smallest absolute Gasteiger partial charge is 0.245 e. The molecule has 0 aromatic carbocycles. The maximum atomic E-state index is 13.4. The summed E-state index contributed by atoms with van der Waals surface area (Å²) < 4.78 is 34.0. The van der Waals surface area contributed by atoms with E-state index in [-0.39, 0.29) is 17.1 Å². The van der Waals surface area contributed by atoms with Crippen LogP contribution < -0.4 is 0 Å². The van der Waals surface area contributed by atoms with Crippen molar-refractivity contribution in [2.45, 2.75) is 70.3 Å². The highest BCUT2D eigenvalue weighted by Crippen LogP contribution is 2.37. The second-order valence-corrected chi connectivity index (χ2v) is 11.1. The monoisotopic (exact) mass is 443 g/mol. The van der Waals surface area contributed by atoms with Gasteiger partial charge in [0.25, 0.3) is 0 Å². The lowest BCUT2D eigenvalue weighted by molar-refractivity contribution is 0.350. The van der Waals surface area contributed by atoms with E-state index in [0.717, 1.165) is 30.7 Å². The summed E-state index contributed by atoms with van der Waals surface area (Å²) in [5.41, 5.74) is 2.58. The summed E-state index contributed by atoms with van der Waals surface area (Å²) >= 11 is 0. The Morgan fingerprint density at radius 2 is 1.87 bits per heavy atom. The third kappa shape index (κ3) is 4.28. The summed E-state index contributed by atoms with van der Waals surface area (Å²) in [6.45, 7) is 7.68. The summed E-state index contributed by atoms with van der Waals surface area (Å²) in [6.07, 6.45) is 6.09. The third-order valence-electron chi connectivity index (χ3n) is 5.89. The van der Waals surface area contributed by atoms with E-state index in [2.05, 4.69) is 20.2 Å². The van der Waals surface area contributed by atoms with Crippen LogP contribution in [-0.2, 0) is 9.84 Å².